The van der Waals surface area contributed by atoms with E-state index in [-0.39, 0.29) is 5.41 Å². The second-order valence-electron chi connectivity index (χ2n) is 14.7. The average Bonchev–Trinajstić information content (AvgIpc) is 2.98. The molecule has 0 atom stereocenters. The van der Waals surface area contributed by atoms with Crippen molar-refractivity contribution in [2.24, 2.45) is 22.2 Å². The van der Waals surface area contributed by atoms with Crippen LogP contribution < -0.4 is 0 Å². The number of unbranched alkanes of at least 4 members (excludes halogenated alkanes) is 12. The lowest BCUT2D eigenvalue weighted by molar-refractivity contribution is -0.171. The summed E-state index contributed by atoms with van der Waals surface area (Å²) in [6.45, 7) is 4.61. The minimum absolute atomic E-state index is 0.0565. The number of hydrogen-bond donors (Lipinski definition) is 1. The molecule has 0 aromatic carbocycles. The number of carboxylic acid groups (broad SMARTS) is 1. The lowest BCUT2D eigenvalue weighted by Gasteiger charge is -2.58. The van der Waals surface area contributed by atoms with Gasteiger partial charge in [-0.15, -0.1) is 0 Å². The Morgan fingerprint density at radius 1 is 0.564 bits per heavy atom. The smallest absolute Gasteiger partial charge is 0.310 e. The van der Waals surface area contributed by atoms with Gasteiger partial charge in [0, 0.05) is 0 Å². The third-order valence-electron chi connectivity index (χ3n) is 12.3. The van der Waals surface area contributed by atoms with E-state index in [9.17, 15) is 9.90 Å². The van der Waals surface area contributed by atoms with Crippen LogP contribution in [0.5, 0.6) is 0 Å². The van der Waals surface area contributed by atoms with Gasteiger partial charge in [-0.25, -0.2) is 0 Å². The number of carbonyl (C=O) groups is 1. The Kier molecular flexibility index (Phi) is 14.7. The van der Waals surface area contributed by atoms with E-state index < -0.39 is 11.4 Å². The minimum Gasteiger partial charge on any atom is -0.481 e. The molecule has 0 spiro atoms. The Balaban J connectivity index is 1.69. The molecule has 0 bridgehead atoms. The number of rotatable bonds is 19. The molecule has 3 aliphatic rings. The average molecular weight is 545 g/mol. The van der Waals surface area contributed by atoms with Gasteiger partial charge in [-0.1, -0.05) is 142 Å². The van der Waals surface area contributed by atoms with Gasteiger partial charge in [0.25, 0.3) is 0 Å². The molecule has 0 amide bonds. The fraction of sp³-hybridized carbons (Fsp3) is 0.973. The minimum atomic E-state index is -0.439. The standard InChI is InChI=1S/C37H68O2/c1-3-5-7-9-11-13-19-25-35(33-23-17-15-18-24-33)29-31-36(32-30-35,26-20-14-12-10-8-6-4-2)37(34(38)39)27-21-16-22-28-37/h33H,3-32H2,1-2H3,(H,38,39). The van der Waals surface area contributed by atoms with E-state index >= 15 is 0 Å². The van der Waals surface area contributed by atoms with Gasteiger partial charge >= 0.3 is 5.97 Å². The Morgan fingerprint density at radius 2 is 1.03 bits per heavy atom. The molecule has 3 aliphatic carbocycles. The van der Waals surface area contributed by atoms with Gasteiger partial charge in [0.15, 0.2) is 0 Å². The zero-order valence-corrected chi connectivity index (χ0v) is 26.6. The lowest BCUT2D eigenvalue weighted by atomic mass is 9.46. The van der Waals surface area contributed by atoms with Crippen LogP contribution in [0.1, 0.15) is 206 Å². The van der Waals surface area contributed by atoms with Crippen molar-refractivity contribution in [2.75, 3.05) is 0 Å². The van der Waals surface area contributed by atoms with E-state index in [1.165, 1.54) is 167 Å². The zero-order valence-electron chi connectivity index (χ0n) is 26.6. The summed E-state index contributed by atoms with van der Waals surface area (Å²) in [6.07, 6.45) is 39.5. The van der Waals surface area contributed by atoms with Crippen LogP contribution in [0.4, 0.5) is 0 Å². The molecule has 0 saturated heterocycles. The Morgan fingerprint density at radius 3 is 1.54 bits per heavy atom. The van der Waals surface area contributed by atoms with Crippen molar-refractivity contribution in [1.29, 1.82) is 0 Å². The van der Waals surface area contributed by atoms with Crippen LogP contribution >= 0.6 is 0 Å². The van der Waals surface area contributed by atoms with Gasteiger partial charge in [0.05, 0.1) is 5.41 Å². The normalized spacial score (nSPS) is 27.9. The lowest BCUT2D eigenvalue weighted by Crippen LogP contribution is -2.53. The van der Waals surface area contributed by atoms with Crippen molar-refractivity contribution in [2.45, 2.75) is 206 Å². The van der Waals surface area contributed by atoms with Crippen molar-refractivity contribution >= 4 is 5.97 Å². The molecular formula is C37H68O2. The predicted molar refractivity (Wildman–Crippen MR) is 168 cm³/mol. The molecule has 39 heavy (non-hydrogen) atoms. The summed E-state index contributed by atoms with van der Waals surface area (Å²) in [6, 6.07) is 0. The highest BCUT2D eigenvalue weighted by Gasteiger charge is 2.59. The topological polar surface area (TPSA) is 37.3 Å². The summed E-state index contributed by atoms with van der Waals surface area (Å²) in [5.74, 6) is 0.484. The van der Waals surface area contributed by atoms with Crippen LogP contribution in [0.2, 0.25) is 0 Å². The van der Waals surface area contributed by atoms with Crippen molar-refractivity contribution in [3.05, 3.63) is 0 Å². The van der Waals surface area contributed by atoms with Crippen molar-refractivity contribution in [3.63, 3.8) is 0 Å². The van der Waals surface area contributed by atoms with E-state index in [0.717, 1.165) is 31.6 Å². The molecule has 0 radical (unpaired) electrons. The van der Waals surface area contributed by atoms with Gasteiger partial charge in [0.1, 0.15) is 0 Å². The number of hydrogen-bond acceptors (Lipinski definition) is 1. The number of carboxylic acids is 1. The predicted octanol–water partition coefficient (Wildman–Crippen LogP) is 12.4. The van der Waals surface area contributed by atoms with E-state index in [2.05, 4.69) is 13.8 Å². The second-order valence-corrected chi connectivity index (χ2v) is 14.7. The van der Waals surface area contributed by atoms with Gasteiger partial charge in [-0.05, 0) is 81.0 Å². The van der Waals surface area contributed by atoms with Crippen LogP contribution in [0.25, 0.3) is 0 Å². The van der Waals surface area contributed by atoms with E-state index in [0.29, 0.717) is 5.41 Å². The van der Waals surface area contributed by atoms with Crippen LogP contribution in [0.3, 0.4) is 0 Å². The maximum absolute atomic E-state index is 13.2. The van der Waals surface area contributed by atoms with Gasteiger partial charge < -0.3 is 5.11 Å². The molecular weight excluding hydrogens is 476 g/mol. The molecule has 0 aromatic heterocycles. The number of aliphatic carboxylic acids is 1. The van der Waals surface area contributed by atoms with E-state index in [1.54, 1.807) is 0 Å². The van der Waals surface area contributed by atoms with Gasteiger partial charge in [-0.2, -0.15) is 0 Å². The third-order valence-corrected chi connectivity index (χ3v) is 12.3. The fourth-order valence-electron chi connectivity index (χ4n) is 9.75. The van der Waals surface area contributed by atoms with Crippen molar-refractivity contribution < 1.29 is 9.90 Å². The molecule has 2 nitrogen and oxygen atoms in total. The maximum atomic E-state index is 13.2. The second kappa shape index (κ2) is 17.4. The SMILES string of the molecule is CCCCCCCCCC1(C2CCCCC2)CCC(CCCCCCCCC)(C2(C(=O)O)CCCCC2)CC1. The highest BCUT2D eigenvalue weighted by molar-refractivity contribution is 5.76. The summed E-state index contributed by atoms with van der Waals surface area (Å²) < 4.78 is 0. The molecule has 0 heterocycles. The van der Waals surface area contributed by atoms with Crippen LogP contribution in [0, 0.1) is 22.2 Å². The first-order valence-electron chi connectivity index (χ1n) is 18.3. The summed E-state index contributed by atoms with van der Waals surface area (Å²) in [7, 11) is 0. The van der Waals surface area contributed by atoms with Gasteiger partial charge in [0.2, 0.25) is 0 Å². The molecule has 1 N–H and O–H groups in total. The summed E-state index contributed by atoms with van der Waals surface area (Å²) in [5.41, 5.74) is 0.133. The first-order chi connectivity index (χ1) is 19.0. The van der Waals surface area contributed by atoms with Gasteiger partial charge in [-0.3, -0.25) is 4.79 Å². The first-order valence-corrected chi connectivity index (χ1v) is 18.3. The Labute approximate surface area is 244 Å². The largest absolute Gasteiger partial charge is 0.481 e. The van der Waals surface area contributed by atoms with Crippen LogP contribution in [-0.4, -0.2) is 11.1 Å². The quantitative estimate of drug-likeness (QED) is 0.164. The Hall–Kier alpha value is -0.530. The third kappa shape index (κ3) is 8.98. The molecule has 0 unspecified atom stereocenters. The van der Waals surface area contributed by atoms with Crippen LogP contribution in [0.15, 0.2) is 0 Å². The van der Waals surface area contributed by atoms with Crippen molar-refractivity contribution in [3.8, 4) is 0 Å². The van der Waals surface area contributed by atoms with Crippen LogP contribution in [-0.2, 0) is 4.79 Å². The molecule has 0 aliphatic heterocycles. The van der Waals surface area contributed by atoms with E-state index in [1.807, 2.05) is 0 Å². The molecule has 2 heteroatoms. The van der Waals surface area contributed by atoms with E-state index in [4.69, 9.17) is 0 Å². The molecule has 228 valence electrons. The highest BCUT2D eigenvalue weighted by atomic mass is 16.4. The summed E-state index contributed by atoms with van der Waals surface area (Å²) in [4.78, 5) is 13.2. The zero-order chi connectivity index (χ0) is 27.9. The molecule has 3 saturated carbocycles. The molecule has 3 fully saturated rings. The summed E-state index contributed by atoms with van der Waals surface area (Å²) >= 11 is 0. The summed E-state index contributed by atoms with van der Waals surface area (Å²) in [5, 5.41) is 10.8. The maximum Gasteiger partial charge on any atom is 0.310 e. The van der Waals surface area contributed by atoms with Crippen molar-refractivity contribution in [1.82, 2.24) is 0 Å². The molecule has 3 rings (SSSR count). The first kappa shape index (κ1) is 33.0. The fourth-order valence-corrected chi connectivity index (χ4v) is 9.75. The monoisotopic (exact) mass is 545 g/mol. The highest BCUT2D eigenvalue weighted by Crippen LogP contribution is 2.64. The Bertz CT molecular complexity index is 646. The molecule has 0 aromatic rings.